The Morgan fingerprint density at radius 1 is 1.39 bits per heavy atom. The van der Waals surface area contributed by atoms with Gasteiger partial charge in [-0.05, 0) is 26.0 Å². The smallest absolute Gasteiger partial charge is 0.389 e. The number of anilines is 1. The molecule has 3 nitrogen and oxygen atoms in total. The van der Waals surface area contributed by atoms with Crippen molar-refractivity contribution in [1.29, 1.82) is 0 Å². The first-order valence-electron chi connectivity index (χ1n) is 5.25. The van der Waals surface area contributed by atoms with E-state index in [1.807, 2.05) is 13.8 Å². The predicted molar refractivity (Wildman–Crippen MR) is 68.7 cm³/mol. The molecule has 1 aromatic heterocycles. The average molecular weight is 277 g/mol. The first kappa shape index (κ1) is 14.7. The Hall–Kier alpha value is -1.37. The third-order valence-corrected chi connectivity index (χ3v) is 2.76. The van der Waals surface area contributed by atoms with E-state index in [1.165, 1.54) is 6.07 Å². The fourth-order valence-corrected chi connectivity index (χ4v) is 1.47. The summed E-state index contributed by atoms with van der Waals surface area (Å²) in [4.78, 5) is 5.25. The van der Waals surface area contributed by atoms with E-state index in [1.54, 1.807) is 11.9 Å². The van der Waals surface area contributed by atoms with Crippen LogP contribution in [0.1, 0.15) is 25.1 Å². The number of nitrogens with zero attached hydrogens (tertiary/aromatic N) is 2. The van der Waals surface area contributed by atoms with Crippen molar-refractivity contribution in [2.24, 2.45) is 5.73 Å². The lowest BCUT2D eigenvalue weighted by atomic mass is 10.2. The number of pyridine rings is 1. The van der Waals surface area contributed by atoms with Crippen molar-refractivity contribution in [3.63, 3.8) is 0 Å². The Morgan fingerprint density at radius 3 is 2.33 bits per heavy atom. The molecule has 7 heteroatoms. The summed E-state index contributed by atoms with van der Waals surface area (Å²) < 4.78 is 37.9. The van der Waals surface area contributed by atoms with E-state index in [4.69, 9.17) is 18.0 Å². The number of halogens is 3. The SMILES string of the molecule is CC(C)N(C)c1nc(C(F)(F)F)ccc1C(N)=S. The van der Waals surface area contributed by atoms with Crippen molar-refractivity contribution in [3.05, 3.63) is 23.4 Å². The van der Waals surface area contributed by atoms with Crippen molar-refractivity contribution < 1.29 is 13.2 Å². The number of rotatable bonds is 3. The topological polar surface area (TPSA) is 42.2 Å². The van der Waals surface area contributed by atoms with Crippen molar-refractivity contribution in [2.45, 2.75) is 26.1 Å². The van der Waals surface area contributed by atoms with E-state index >= 15 is 0 Å². The molecule has 0 unspecified atom stereocenters. The van der Waals surface area contributed by atoms with Gasteiger partial charge in [0, 0.05) is 13.1 Å². The number of hydrogen-bond acceptors (Lipinski definition) is 3. The highest BCUT2D eigenvalue weighted by atomic mass is 32.1. The predicted octanol–water partition coefficient (Wildman–Crippen LogP) is 2.58. The van der Waals surface area contributed by atoms with E-state index in [0.29, 0.717) is 5.56 Å². The zero-order valence-corrected chi connectivity index (χ0v) is 11.1. The van der Waals surface area contributed by atoms with Gasteiger partial charge < -0.3 is 10.6 Å². The molecule has 0 aliphatic heterocycles. The van der Waals surface area contributed by atoms with Crippen molar-refractivity contribution >= 4 is 23.0 Å². The highest BCUT2D eigenvalue weighted by Crippen LogP contribution is 2.30. The first-order valence-corrected chi connectivity index (χ1v) is 5.66. The van der Waals surface area contributed by atoms with Gasteiger partial charge in [-0.15, -0.1) is 0 Å². The molecular formula is C11H14F3N3S. The number of hydrogen-bond donors (Lipinski definition) is 1. The maximum absolute atomic E-state index is 12.6. The second kappa shape index (κ2) is 5.09. The van der Waals surface area contributed by atoms with Crippen LogP contribution in [0.2, 0.25) is 0 Å². The molecule has 0 atom stereocenters. The van der Waals surface area contributed by atoms with Crippen LogP contribution < -0.4 is 10.6 Å². The summed E-state index contributed by atoms with van der Waals surface area (Å²) in [5.74, 6) is 0.146. The first-order chi connectivity index (χ1) is 8.14. The molecule has 0 aliphatic rings. The summed E-state index contributed by atoms with van der Waals surface area (Å²) in [6.07, 6.45) is -4.48. The minimum absolute atomic E-state index is 0.0194. The fraction of sp³-hybridized carbons (Fsp3) is 0.455. The second-order valence-electron chi connectivity index (χ2n) is 4.13. The van der Waals surface area contributed by atoms with Crippen LogP contribution in [-0.4, -0.2) is 23.1 Å². The summed E-state index contributed by atoms with van der Waals surface area (Å²) in [5.41, 5.74) is 4.88. The molecule has 0 radical (unpaired) electrons. The molecule has 0 aliphatic carbocycles. The van der Waals surface area contributed by atoms with Crippen LogP contribution in [0.4, 0.5) is 19.0 Å². The minimum Gasteiger partial charge on any atom is -0.389 e. The number of aromatic nitrogens is 1. The summed E-state index contributed by atoms with van der Waals surface area (Å²) in [6.45, 7) is 3.68. The average Bonchev–Trinajstić information content (AvgIpc) is 2.25. The lowest BCUT2D eigenvalue weighted by Gasteiger charge is -2.25. The fourth-order valence-electron chi connectivity index (χ4n) is 1.31. The Labute approximate surface area is 109 Å². The molecule has 0 aromatic carbocycles. The van der Waals surface area contributed by atoms with Gasteiger partial charge in [0.05, 0.1) is 5.56 Å². The van der Waals surface area contributed by atoms with Gasteiger partial charge in [0.25, 0.3) is 0 Å². The van der Waals surface area contributed by atoms with Gasteiger partial charge >= 0.3 is 6.18 Å². The van der Waals surface area contributed by atoms with Crippen LogP contribution in [-0.2, 0) is 6.18 Å². The second-order valence-corrected chi connectivity index (χ2v) is 4.57. The van der Waals surface area contributed by atoms with Crippen LogP contribution >= 0.6 is 12.2 Å². The third-order valence-electron chi connectivity index (χ3n) is 2.54. The molecule has 0 saturated carbocycles. The standard InChI is InChI=1S/C11H14F3N3S/c1-6(2)17(3)10-7(9(15)18)4-5-8(16-10)11(12,13)14/h4-6H,1-3H3,(H2,15,18). The third kappa shape index (κ3) is 3.10. The molecule has 1 rings (SSSR count). The van der Waals surface area contributed by atoms with Crippen molar-refractivity contribution in [3.8, 4) is 0 Å². The van der Waals surface area contributed by atoms with Gasteiger partial charge in [0.1, 0.15) is 16.5 Å². The van der Waals surface area contributed by atoms with E-state index in [2.05, 4.69) is 4.98 Å². The molecule has 0 amide bonds. The molecule has 18 heavy (non-hydrogen) atoms. The van der Waals surface area contributed by atoms with Crippen LogP contribution in [0, 0.1) is 0 Å². The summed E-state index contributed by atoms with van der Waals surface area (Å²) in [5, 5.41) is 0. The molecule has 2 N–H and O–H groups in total. The largest absolute Gasteiger partial charge is 0.433 e. The molecule has 0 fully saturated rings. The van der Waals surface area contributed by atoms with E-state index in [-0.39, 0.29) is 16.8 Å². The van der Waals surface area contributed by atoms with E-state index in [9.17, 15) is 13.2 Å². The maximum Gasteiger partial charge on any atom is 0.433 e. The summed E-state index contributed by atoms with van der Waals surface area (Å²) in [6, 6.07) is 2.12. The Balaban J connectivity index is 3.38. The lowest BCUT2D eigenvalue weighted by molar-refractivity contribution is -0.141. The molecule has 1 heterocycles. The molecule has 0 spiro atoms. The van der Waals surface area contributed by atoms with Crippen LogP contribution in [0.5, 0.6) is 0 Å². The highest BCUT2D eigenvalue weighted by molar-refractivity contribution is 7.80. The van der Waals surface area contributed by atoms with Crippen LogP contribution in [0.25, 0.3) is 0 Å². The monoisotopic (exact) mass is 277 g/mol. The summed E-state index contributed by atoms with van der Waals surface area (Å²) >= 11 is 4.82. The van der Waals surface area contributed by atoms with E-state index < -0.39 is 11.9 Å². The Kier molecular flexibility index (Phi) is 4.16. The van der Waals surface area contributed by atoms with Gasteiger partial charge in [-0.25, -0.2) is 4.98 Å². The molecule has 0 bridgehead atoms. The normalized spacial score (nSPS) is 11.7. The molecule has 0 saturated heterocycles. The Morgan fingerprint density at radius 2 is 1.94 bits per heavy atom. The molecular weight excluding hydrogens is 263 g/mol. The zero-order chi connectivity index (χ0) is 14.1. The van der Waals surface area contributed by atoms with Gasteiger partial charge in [0.15, 0.2) is 0 Å². The van der Waals surface area contributed by atoms with Gasteiger partial charge in [-0.3, -0.25) is 0 Å². The van der Waals surface area contributed by atoms with Gasteiger partial charge in [-0.1, -0.05) is 12.2 Å². The number of alkyl halides is 3. The molecule has 1 aromatic rings. The van der Waals surface area contributed by atoms with Crippen LogP contribution in [0.15, 0.2) is 12.1 Å². The number of thiocarbonyl (C=S) groups is 1. The summed E-state index contributed by atoms with van der Waals surface area (Å²) in [7, 11) is 1.65. The quantitative estimate of drug-likeness (QED) is 0.862. The van der Waals surface area contributed by atoms with Gasteiger partial charge in [0.2, 0.25) is 0 Å². The van der Waals surface area contributed by atoms with Crippen molar-refractivity contribution in [2.75, 3.05) is 11.9 Å². The highest BCUT2D eigenvalue weighted by Gasteiger charge is 2.33. The van der Waals surface area contributed by atoms with Crippen molar-refractivity contribution in [1.82, 2.24) is 4.98 Å². The Bertz CT molecular complexity index is 457. The number of nitrogens with two attached hydrogens (primary N) is 1. The minimum atomic E-state index is -4.48. The lowest BCUT2D eigenvalue weighted by Crippen LogP contribution is -2.30. The van der Waals surface area contributed by atoms with Crippen LogP contribution in [0.3, 0.4) is 0 Å². The zero-order valence-electron chi connectivity index (χ0n) is 10.2. The van der Waals surface area contributed by atoms with E-state index in [0.717, 1.165) is 6.07 Å². The maximum atomic E-state index is 12.6. The molecule has 100 valence electrons. The van der Waals surface area contributed by atoms with Gasteiger partial charge in [-0.2, -0.15) is 13.2 Å².